The smallest absolute Gasteiger partial charge is 0.408 e. The summed E-state index contributed by atoms with van der Waals surface area (Å²) in [4.78, 5) is 13.1. The second kappa shape index (κ2) is 6.42. The molecule has 0 radical (unpaired) electrons. The second-order valence-corrected chi connectivity index (χ2v) is 7.65. The van der Waals surface area contributed by atoms with Gasteiger partial charge in [-0.2, -0.15) is 0 Å². The Hall–Kier alpha value is -1.33. The topological polar surface area (TPSA) is 66.6 Å². The molecule has 1 amide bonds. The maximum absolute atomic E-state index is 11.6. The molecule has 0 aromatic heterocycles. The first-order valence-electron chi connectivity index (χ1n) is 7.43. The van der Waals surface area contributed by atoms with Crippen molar-refractivity contribution < 1.29 is 9.90 Å². The lowest BCUT2D eigenvalue weighted by atomic mass is 9.85. The molecule has 3 N–H and O–H groups in total. The quantitative estimate of drug-likeness (QED) is 0.827. The van der Waals surface area contributed by atoms with E-state index in [-0.39, 0.29) is 12.1 Å². The first-order valence-corrected chi connectivity index (χ1v) is 8.22. The number of nitrogens with zero attached hydrogens (tertiary/aromatic N) is 1. The lowest BCUT2D eigenvalue weighted by molar-refractivity contribution is 0.0611. The monoisotopic (exact) mass is 366 g/mol. The molecule has 120 valence electrons. The Labute approximate surface area is 140 Å². The number of rotatable bonds is 2. The minimum Gasteiger partial charge on any atom is -0.465 e. The molecular weight excluding hydrogens is 344 g/mol. The van der Waals surface area contributed by atoms with Crippen LogP contribution in [0.3, 0.4) is 0 Å². The van der Waals surface area contributed by atoms with Crippen LogP contribution in [0.1, 0.15) is 39.2 Å². The average Bonchev–Trinajstić information content (AvgIpc) is 2.39. The molecule has 0 aliphatic heterocycles. The van der Waals surface area contributed by atoms with Gasteiger partial charge in [0, 0.05) is 16.1 Å². The van der Waals surface area contributed by atoms with E-state index in [2.05, 4.69) is 34.1 Å². The van der Waals surface area contributed by atoms with Crippen LogP contribution < -0.4 is 5.73 Å². The number of hydrogen-bond acceptors (Lipinski definition) is 2. The van der Waals surface area contributed by atoms with Gasteiger partial charge in [0.1, 0.15) is 0 Å². The van der Waals surface area contributed by atoms with Gasteiger partial charge in [-0.3, -0.25) is 4.90 Å². The van der Waals surface area contributed by atoms with Crippen molar-refractivity contribution in [3.05, 3.63) is 40.4 Å². The molecule has 0 heterocycles. The minimum atomic E-state index is -0.910. The molecule has 1 aliphatic carbocycles. The zero-order chi connectivity index (χ0) is 16.5. The molecule has 2 atom stereocenters. The average molecular weight is 367 g/mol. The highest BCUT2D eigenvalue weighted by molar-refractivity contribution is 9.10. The summed E-state index contributed by atoms with van der Waals surface area (Å²) >= 11 is 3.48. The van der Waals surface area contributed by atoms with E-state index in [0.29, 0.717) is 12.8 Å². The van der Waals surface area contributed by atoms with Crippen LogP contribution in [0.15, 0.2) is 34.8 Å². The van der Waals surface area contributed by atoms with Gasteiger partial charge < -0.3 is 10.8 Å². The Morgan fingerprint density at radius 3 is 2.59 bits per heavy atom. The maximum atomic E-state index is 11.6. The molecule has 0 unspecified atom stereocenters. The molecule has 0 saturated carbocycles. The minimum absolute atomic E-state index is 0.187. The molecule has 5 heteroatoms. The van der Waals surface area contributed by atoms with Gasteiger partial charge in [-0.15, -0.1) is 0 Å². The van der Waals surface area contributed by atoms with Crippen LogP contribution >= 0.6 is 15.9 Å². The van der Waals surface area contributed by atoms with E-state index in [4.69, 9.17) is 5.73 Å². The first-order chi connectivity index (χ1) is 10.2. The summed E-state index contributed by atoms with van der Waals surface area (Å²) in [5, 5.41) is 9.54. The van der Waals surface area contributed by atoms with E-state index in [0.717, 1.165) is 10.0 Å². The number of nitrogens with two attached hydrogens (primary N) is 1. The molecule has 22 heavy (non-hydrogen) atoms. The Morgan fingerprint density at radius 1 is 1.41 bits per heavy atom. The lowest BCUT2D eigenvalue weighted by Crippen LogP contribution is -2.58. The fourth-order valence-electron chi connectivity index (χ4n) is 3.06. The highest BCUT2D eigenvalue weighted by atomic mass is 79.9. The third-order valence-corrected chi connectivity index (χ3v) is 4.50. The van der Waals surface area contributed by atoms with Crippen molar-refractivity contribution >= 4 is 27.6 Å². The van der Waals surface area contributed by atoms with Gasteiger partial charge in [0.2, 0.25) is 0 Å². The van der Waals surface area contributed by atoms with Crippen LogP contribution in [0.4, 0.5) is 4.79 Å². The molecule has 0 saturated heterocycles. The molecule has 1 aromatic rings. The number of benzene rings is 1. The van der Waals surface area contributed by atoms with Crippen LogP contribution in [0, 0.1) is 0 Å². The zero-order valence-corrected chi connectivity index (χ0v) is 14.8. The van der Waals surface area contributed by atoms with Crippen molar-refractivity contribution in [2.45, 2.75) is 51.2 Å². The Kier molecular flexibility index (Phi) is 4.97. The van der Waals surface area contributed by atoms with Crippen LogP contribution in [-0.2, 0) is 0 Å². The molecule has 2 rings (SSSR count). The number of halogens is 1. The van der Waals surface area contributed by atoms with Crippen LogP contribution in [0.25, 0.3) is 5.57 Å². The van der Waals surface area contributed by atoms with Crippen molar-refractivity contribution in [3.8, 4) is 0 Å². The summed E-state index contributed by atoms with van der Waals surface area (Å²) < 4.78 is 1.03. The van der Waals surface area contributed by atoms with Crippen molar-refractivity contribution in [2.75, 3.05) is 0 Å². The van der Waals surface area contributed by atoms with Gasteiger partial charge >= 0.3 is 6.09 Å². The molecule has 0 spiro atoms. The van der Waals surface area contributed by atoms with Gasteiger partial charge in [0.15, 0.2) is 0 Å². The zero-order valence-electron chi connectivity index (χ0n) is 13.2. The van der Waals surface area contributed by atoms with E-state index in [1.165, 1.54) is 10.5 Å². The third-order valence-electron chi connectivity index (χ3n) is 4.01. The Bertz CT molecular complexity index is 593. The van der Waals surface area contributed by atoms with E-state index >= 15 is 0 Å². The van der Waals surface area contributed by atoms with Gasteiger partial charge in [0.25, 0.3) is 0 Å². The highest BCUT2D eigenvalue weighted by Crippen LogP contribution is 2.32. The summed E-state index contributed by atoms with van der Waals surface area (Å²) in [6.45, 7) is 5.71. The predicted octanol–water partition coefficient (Wildman–Crippen LogP) is 4.10. The van der Waals surface area contributed by atoms with Crippen molar-refractivity contribution in [3.63, 3.8) is 0 Å². The molecule has 1 aliphatic rings. The number of amides is 1. The van der Waals surface area contributed by atoms with E-state index < -0.39 is 11.6 Å². The summed E-state index contributed by atoms with van der Waals surface area (Å²) in [7, 11) is 0. The van der Waals surface area contributed by atoms with Crippen LogP contribution in [0.5, 0.6) is 0 Å². The third kappa shape index (κ3) is 3.70. The van der Waals surface area contributed by atoms with E-state index in [9.17, 15) is 9.90 Å². The van der Waals surface area contributed by atoms with E-state index in [1.807, 2.05) is 32.9 Å². The number of carboxylic acid groups (broad SMARTS) is 1. The van der Waals surface area contributed by atoms with Gasteiger partial charge in [-0.05, 0) is 56.9 Å². The molecule has 1 aromatic carbocycles. The van der Waals surface area contributed by atoms with E-state index in [1.54, 1.807) is 0 Å². The largest absolute Gasteiger partial charge is 0.465 e. The van der Waals surface area contributed by atoms with Gasteiger partial charge in [-0.1, -0.05) is 34.1 Å². The summed E-state index contributed by atoms with van der Waals surface area (Å²) in [6.07, 6.45) is 2.54. The Morgan fingerprint density at radius 2 is 2.09 bits per heavy atom. The summed E-state index contributed by atoms with van der Waals surface area (Å²) in [5.41, 5.74) is 8.18. The SMILES string of the molecule is CC(C)(C)N(C(=O)O)[C@H]1CC=C(c2cccc(Br)c2)C[C@@H]1N. The molecule has 4 nitrogen and oxygen atoms in total. The maximum Gasteiger partial charge on any atom is 0.408 e. The van der Waals surface area contributed by atoms with Gasteiger partial charge in [0.05, 0.1) is 6.04 Å². The van der Waals surface area contributed by atoms with Crippen molar-refractivity contribution in [1.82, 2.24) is 4.90 Å². The van der Waals surface area contributed by atoms with Gasteiger partial charge in [-0.25, -0.2) is 4.79 Å². The number of carbonyl (C=O) groups is 1. The number of hydrogen-bond donors (Lipinski definition) is 2. The fourth-order valence-corrected chi connectivity index (χ4v) is 3.46. The van der Waals surface area contributed by atoms with Crippen molar-refractivity contribution in [2.24, 2.45) is 5.73 Å². The normalized spacial score (nSPS) is 22.1. The highest BCUT2D eigenvalue weighted by Gasteiger charge is 2.37. The predicted molar refractivity (Wildman–Crippen MR) is 92.7 cm³/mol. The second-order valence-electron chi connectivity index (χ2n) is 6.73. The van der Waals surface area contributed by atoms with Crippen molar-refractivity contribution in [1.29, 1.82) is 0 Å². The molecule has 0 fully saturated rings. The molecule has 0 bridgehead atoms. The fraction of sp³-hybridized carbons (Fsp3) is 0.471. The standard InChI is InChI=1S/C17H23BrN2O2/c1-17(2,3)20(16(21)22)15-8-7-12(10-14(15)19)11-5-4-6-13(18)9-11/h4-7,9,14-15H,8,10,19H2,1-3H3,(H,21,22)/t14-,15-/m0/s1. The first kappa shape index (κ1) is 17.0. The summed E-state index contributed by atoms with van der Waals surface area (Å²) in [5.74, 6) is 0. The Balaban J connectivity index is 2.25. The van der Waals surface area contributed by atoms with Crippen LogP contribution in [0.2, 0.25) is 0 Å². The lowest BCUT2D eigenvalue weighted by Gasteiger charge is -2.43. The molecular formula is C17H23BrN2O2. The summed E-state index contributed by atoms with van der Waals surface area (Å²) in [6, 6.07) is 7.72. The van der Waals surface area contributed by atoms with Crippen LogP contribution in [-0.4, -0.2) is 33.7 Å².